The molecule has 0 heterocycles. The Labute approximate surface area is 129 Å². The summed E-state index contributed by atoms with van der Waals surface area (Å²) in [5, 5.41) is 2.46. The van der Waals surface area contributed by atoms with Gasteiger partial charge in [-0.3, -0.25) is 0 Å². The molecule has 0 bridgehead atoms. The van der Waals surface area contributed by atoms with Gasteiger partial charge in [-0.2, -0.15) is 0 Å². The summed E-state index contributed by atoms with van der Waals surface area (Å²) < 4.78 is 5.18. The molecule has 110 valence electrons. The molecule has 0 aromatic heterocycles. The van der Waals surface area contributed by atoms with E-state index in [1.54, 1.807) is 0 Å². The van der Waals surface area contributed by atoms with Crippen LogP contribution >= 0.6 is 11.6 Å². The molecule has 0 unspecified atom stereocenters. The van der Waals surface area contributed by atoms with Gasteiger partial charge >= 0.3 is 6.09 Å². The van der Waals surface area contributed by atoms with Crippen LogP contribution in [0.3, 0.4) is 0 Å². The minimum absolute atomic E-state index is 0.225. The van der Waals surface area contributed by atoms with Crippen LogP contribution in [-0.4, -0.2) is 12.1 Å². The van der Waals surface area contributed by atoms with Crippen LogP contribution in [0.4, 0.5) is 4.79 Å². The molecule has 2 aromatic carbocycles. The first-order valence-electron chi connectivity index (χ1n) is 6.83. The van der Waals surface area contributed by atoms with Crippen molar-refractivity contribution in [2.75, 3.05) is 0 Å². The average molecular weight is 304 g/mol. The normalized spacial score (nSPS) is 13.2. The van der Waals surface area contributed by atoms with Gasteiger partial charge in [0, 0.05) is 6.04 Å². The second-order valence-electron chi connectivity index (χ2n) is 4.81. The summed E-state index contributed by atoms with van der Waals surface area (Å²) in [7, 11) is 0. The third kappa shape index (κ3) is 4.80. The highest BCUT2D eigenvalue weighted by Crippen LogP contribution is 2.23. The van der Waals surface area contributed by atoms with Gasteiger partial charge in [0.05, 0.1) is 5.38 Å². The fraction of sp³-hybridized carbons (Fsp3) is 0.235. The summed E-state index contributed by atoms with van der Waals surface area (Å²) >= 11 is 6.35. The highest BCUT2D eigenvalue weighted by molar-refractivity contribution is 6.21. The lowest BCUT2D eigenvalue weighted by molar-refractivity contribution is 0.136. The fourth-order valence-corrected chi connectivity index (χ4v) is 2.16. The molecular weight excluding hydrogens is 286 g/mol. The summed E-state index contributed by atoms with van der Waals surface area (Å²) in [4.78, 5) is 11.8. The number of ether oxygens (including phenoxy) is 1. The van der Waals surface area contributed by atoms with Gasteiger partial charge in [0.1, 0.15) is 6.61 Å². The number of halogens is 1. The highest BCUT2D eigenvalue weighted by atomic mass is 35.5. The number of benzene rings is 2. The quantitative estimate of drug-likeness (QED) is 0.837. The van der Waals surface area contributed by atoms with Crippen LogP contribution < -0.4 is 5.32 Å². The Morgan fingerprint density at radius 1 is 1.10 bits per heavy atom. The molecule has 2 atom stereocenters. The van der Waals surface area contributed by atoms with E-state index in [1.807, 2.05) is 67.6 Å². The number of carbonyl (C=O) groups excluding carboxylic acids is 1. The molecule has 2 rings (SSSR count). The molecule has 0 aliphatic heterocycles. The molecule has 0 radical (unpaired) electrons. The van der Waals surface area contributed by atoms with Crippen LogP contribution in [0.5, 0.6) is 0 Å². The first-order valence-corrected chi connectivity index (χ1v) is 7.26. The largest absolute Gasteiger partial charge is 0.445 e. The predicted octanol–water partition coefficient (Wildman–Crippen LogP) is 4.28. The van der Waals surface area contributed by atoms with Crippen molar-refractivity contribution in [3.05, 3.63) is 71.8 Å². The van der Waals surface area contributed by atoms with Gasteiger partial charge in [-0.05, 0) is 18.1 Å². The van der Waals surface area contributed by atoms with E-state index in [4.69, 9.17) is 16.3 Å². The summed E-state index contributed by atoms with van der Waals surface area (Å²) in [6.07, 6.45) is -0.465. The van der Waals surface area contributed by atoms with Gasteiger partial charge in [-0.1, -0.05) is 60.7 Å². The Morgan fingerprint density at radius 2 is 1.67 bits per heavy atom. The molecule has 0 aliphatic carbocycles. The smallest absolute Gasteiger partial charge is 0.407 e. The number of carbonyl (C=O) groups is 1. The van der Waals surface area contributed by atoms with Crippen molar-refractivity contribution in [3.8, 4) is 0 Å². The van der Waals surface area contributed by atoms with Crippen molar-refractivity contribution in [1.82, 2.24) is 5.32 Å². The average Bonchev–Trinajstić information content (AvgIpc) is 2.54. The van der Waals surface area contributed by atoms with Gasteiger partial charge < -0.3 is 10.1 Å². The molecule has 1 N–H and O–H groups in total. The molecule has 1 amide bonds. The van der Waals surface area contributed by atoms with E-state index in [1.165, 1.54) is 0 Å². The van der Waals surface area contributed by atoms with Gasteiger partial charge in [-0.25, -0.2) is 4.79 Å². The second kappa shape index (κ2) is 7.70. The zero-order chi connectivity index (χ0) is 15.1. The van der Waals surface area contributed by atoms with Crippen molar-refractivity contribution in [3.63, 3.8) is 0 Å². The molecule has 4 heteroatoms. The lowest BCUT2D eigenvalue weighted by Gasteiger charge is -2.19. The number of rotatable bonds is 5. The Hall–Kier alpha value is -2.00. The predicted molar refractivity (Wildman–Crippen MR) is 84.3 cm³/mol. The lowest BCUT2D eigenvalue weighted by atomic mass is 10.1. The van der Waals surface area contributed by atoms with Crippen molar-refractivity contribution in [2.45, 2.75) is 24.9 Å². The molecule has 0 saturated carbocycles. The van der Waals surface area contributed by atoms with Crippen LogP contribution in [-0.2, 0) is 11.3 Å². The third-order valence-corrected chi connectivity index (χ3v) is 3.75. The van der Waals surface area contributed by atoms with Crippen molar-refractivity contribution in [1.29, 1.82) is 0 Å². The summed E-state index contributed by atoms with van der Waals surface area (Å²) in [5.41, 5.74) is 1.92. The Bertz CT molecular complexity index is 560. The maximum absolute atomic E-state index is 11.8. The minimum atomic E-state index is -0.465. The highest BCUT2D eigenvalue weighted by Gasteiger charge is 2.18. The molecule has 21 heavy (non-hydrogen) atoms. The van der Waals surface area contributed by atoms with Crippen molar-refractivity contribution in [2.24, 2.45) is 0 Å². The van der Waals surface area contributed by atoms with Gasteiger partial charge in [0.15, 0.2) is 0 Å². The van der Waals surface area contributed by atoms with Crippen molar-refractivity contribution >= 4 is 17.7 Å². The molecule has 0 saturated heterocycles. The number of hydrogen-bond acceptors (Lipinski definition) is 2. The Morgan fingerprint density at radius 3 is 2.29 bits per heavy atom. The standard InChI is InChI=1S/C17H18ClNO2/c1-13(16(18)15-10-6-3-7-11-15)19-17(20)21-12-14-8-4-2-5-9-14/h2-11,13,16H,12H2,1H3,(H,19,20)/t13-,16+/m0/s1. The first-order chi connectivity index (χ1) is 10.2. The van der Waals surface area contributed by atoms with E-state index in [9.17, 15) is 4.79 Å². The maximum atomic E-state index is 11.8. The van der Waals surface area contributed by atoms with E-state index in [2.05, 4.69) is 5.32 Å². The number of alkyl carbamates (subject to hydrolysis) is 1. The maximum Gasteiger partial charge on any atom is 0.407 e. The van der Waals surface area contributed by atoms with Crippen LogP contribution in [0, 0.1) is 0 Å². The van der Waals surface area contributed by atoms with E-state index >= 15 is 0 Å². The fourth-order valence-electron chi connectivity index (χ4n) is 1.95. The Kier molecular flexibility index (Phi) is 5.64. The molecule has 0 aliphatic rings. The van der Waals surface area contributed by atoms with Crippen LogP contribution in [0.15, 0.2) is 60.7 Å². The molecule has 0 spiro atoms. The zero-order valence-corrected chi connectivity index (χ0v) is 12.6. The number of hydrogen-bond donors (Lipinski definition) is 1. The lowest BCUT2D eigenvalue weighted by Crippen LogP contribution is -2.35. The monoisotopic (exact) mass is 303 g/mol. The third-order valence-electron chi connectivity index (χ3n) is 3.12. The zero-order valence-electron chi connectivity index (χ0n) is 11.8. The minimum Gasteiger partial charge on any atom is -0.445 e. The van der Waals surface area contributed by atoms with E-state index in [0.717, 1.165) is 11.1 Å². The second-order valence-corrected chi connectivity index (χ2v) is 5.28. The Balaban J connectivity index is 1.82. The van der Waals surface area contributed by atoms with E-state index < -0.39 is 6.09 Å². The summed E-state index contributed by atoms with van der Waals surface area (Å²) in [6.45, 7) is 2.10. The number of amides is 1. The first kappa shape index (κ1) is 15.4. The van der Waals surface area contributed by atoms with Gasteiger partial charge in [0.25, 0.3) is 0 Å². The van der Waals surface area contributed by atoms with Crippen molar-refractivity contribution < 1.29 is 9.53 Å². The van der Waals surface area contributed by atoms with Gasteiger partial charge in [-0.15, -0.1) is 11.6 Å². The number of nitrogens with one attached hydrogen (secondary N) is 1. The SMILES string of the molecule is C[C@H](NC(=O)OCc1ccccc1)[C@@H](Cl)c1ccccc1. The molecule has 2 aromatic rings. The number of alkyl halides is 1. The molecular formula is C17H18ClNO2. The van der Waals surface area contributed by atoms with E-state index in [0.29, 0.717) is 0 Å². The summed E-state index contributed by atoms with van der Waals surface area (Å²) in [6, 6.07) is 19.0. The van der Waals surface area contributed by atoms with E-state index in [-0.39, 0.29) is 18.0 Å². The van der Waals surface area contributed by atoms with Crippen LogP contribution in [0.1, 0.15) is 23.4 Å². The topological polar surface area (TPSA) is 38.3 Å². The van der Waals surface area contributed by atoms with Crippen LogP contribution in [0.25, 0.3) is 0 Å². The van der Waals surface area contributed by atoms with Gasteiger partial charge in [0.2, 0.25) is 0 Å². The summed E-state index contributed by atoms with van der Waals surface area (Å²) in [5.74, 6) is 0. The molecule has 0 fully saturated rings. The van der Waals surface area contributed by atoms with Crippen LogP contribution in [0.2, 0.25) is 0 Å². The molecule has 3 nitrogen and oxygen atoms in total.